The van der Waals surface area contributed by atoms with Crippen molar-refractivity contribution in [3.63, 3.8) is 0 Å². The van der Waals surface area contributed by atoms with Gasteiger partial charge in [0.1, 0.15) is 6.29 Å². The molecule has 0 radical (unpaired) electrons. The topological polar surface area (TPSA) is 20.3 Å². The summed E-state index contributed by atoms with van der Waals surface area (Å²) in [4.78, 5) is 13.5. The second-order valence-electron chi connectivity index (χ2n) is 6.76. The van der Waals surface area contributed by atoms with Gasteiger partial charge in [-0.3, -0.25) is 0 Å². The van der Waals surface area contributed by atoms with E-state index in [4.69, 9.17) is 0 Å². The number of carbonyl (C=O) groups is 1. The van der Waals surface area contributed by atoms with Crippen LogP contribution in [0.1, 0.15) is 46.0 Å². The van der Waals surface area contributed by atoms with Crippen LogP contribution in [0.5, 0.6) is 0 Å². The van der Waals surface area contributed by atoms with Crippen LogP contribution < -0.4 is 0 Å². The number of hydrogen-bond donors (Lipinski definition) is 0. The zero-order valence-corrected chi connectivity index (χ0v) is 11.6. The first-order valence-electron chi connectivity index (χ1n) is 7.21. The van der Waals surface area contributed by atoms with Gasteiger partial charge in [0, 0.05) is 18.5 Å². The molecule has 0 aromatic rings. The minimum Gasteiger partial charge on any atom is -0.305 e. The second kappa shape index (κ2) is 5.09. The van der Waals surface area contributed by atoms with Crippen LogP contribution in [0, 0.1) is 23.2 Å². The first-order valence-corrected chi connectivity index (χ1v) is 7.21. The number of aldehydes is 1. The van der Waals surface area contributed by atoms with Crippen molar-refractivity contribution in [2.75, 3.05) is 20.1 Å². The van der Waals surface area contributed by atoms with Gasteiger partial charge in [-0.25, -0.2) is 0 Å². The standard InChI is InChI=1S/C15H27NO/c1-4-15(2,11-17)10-16(3)9-14-8-12-5-6-13(14)7-12/h11-14H,4-10H2,1-3H3. The van der Waals surface area contributed by atoms with Crippen LogP contribution in [-0.4, -0.2) is 31.3 Å². The fourth-order valence-electron chi connectivity index (χ4n) is 3.91. The average molecular weight is 237 g/mol. The summed E-state index contributed by atoms with van der Waals surface area (Å²) in [7, 11) is 2.18. The Morgan fingerprint density at radius 2 is 2.12 bits per heavy atom. The first kappa shape index (κ1) is 13.1. The third kappa shape index (κ3) is 2.90. The van der Waals surface area contributed by atoms with Crippen molar-refractivity contribution in [1.29, 1.82) is 0 Å². The van der Waals surface area contributed by atoms with Crippen LogP contribution in [0.4, 0.5) is 0 Å². The lowest BCUT2D eigenvalue weighted by Gasteiger charge is -2.32. The molecule has 2 bridgehead atoms. The van der Waals surface area contributed by atoms with Crippen molar-refractivity contribution in [2.24, 2.45) is 23.2 Å². The zero-order valence-electron chi connectivity index (χ0n) is 11.6. The molecule has 17 heavy (non-hydrogen) atoms. The summed E-state index contributed by atoms with van der Waals surface area (Å²) in [6, 6.07) is 0. The SMILES string of the molecule is CCC(C)(C=O)CN(C)CC1CC2CCC1C2. The Morgan fingerprint density at radius 3 is 2.59 bits per heavy atom. The van der Waals surface area contributed by atoms with Crippen LogP contribution in [0.3, 0.4) is 0 Å². The van der Waals surface area contributed by atoms with Crippen molar-refractivity contribution >= 4 is 6.29 Å². The van der Waals surface area contributed by atoms with Crippen molar-refractivity contribution in [3.8, 4) is 0 Å². The highest BCUT2D eigenvalue weighted by atomic mass is 16.1. The Labute approximate surface area is 106 Å². The monoisotopic (exact) mass is 237 g/mol. The molecule has 2 heteroatoms. The Morgan fingerprint density at radius 1 is 1.35 bits per heavy atom. The lowest BCUT2D eigenvalue weighted by Crippen LogP contribution is -2.38. The molecule has 4 unspecified atom stereocenters. The van der Waals surface area contributed by atoms with Gasteiger partial charge in [0.2, 0.25) is 0 Å². The lowest BCUT2D eigenvalue weighted by atomic mass is 9.86. The molecule has 2 nitrogen and oxygen atoms in total. The van der Waals surface area contributed by atoms with E-state index in [1.165, 1.54) is 32.2 Å². The van der Waals surface area contributed by atoms with Gasteiger partial charge in [0.05, 0.1) is 0 Å². The van der Waals surface area contributed by atoms with Gasteiger partial charge in [0.25, 0.3) is 0 Å². The molecule has 0 amide bonds. The highest BCUT2D eigenvalue weighted by Crippen LogP contribution is 2.48. The van der Waals surface area contributed by atoms with Crippen LogP contribution in [0.2, 0.25) is 0 Å². The predicted octanol–water partition coefficient (Wildman–Crippen LogP) is 2.97. The molecule has 0 spiro atoms. The number of fused-ring (bicyclic) bond motifs is 2. The Bertz CT molecular complexity index is 278. The third-order valence-electron chi connectivity index (χ3n) is 5.15. The van der Waals surface area contributed by atoms with Gasteiger partial charge in [-0.1, -0.05) is 20.3 Å². The number of nitrogens with zero attached hydrogens (tertiary/aromatic N) is 1. The van der Waals surface area contributed by atoms with E-state index >= 15 is 0 Å². The molecule has 2 rings (SSSR count). The molecule has 0 heterocycles. The highest BCUT2D eigenvalue weighted by Gasteiger charge is 2.40. The van der Waals surface area contributed by atoms with Crippen LogP contribution in [0.25, 0.3) is 0 Å². The Hall–Kier alpha value is -0.370. The number of hydrogen-bond acceptors (Lipinski definition) is 2. The maximum atomic E-state index is 11.1. The molecular formula is C15H27NO. The molecule has 2 aliphatic carbocycles. The molecule has 2 saturated carbocycles. The van der Waals surface area contributed by atoms with E-state index in [-0.39, 0.29) is 5.41 Å². The maximum Gasteiger partial charge on any atom is 0.127 e. The molecular weight excluding hydrogens is 210 g/mol. The molecule has 0 N–H and O–H groups in total. The smallest absolute Gasteiger partial charge is 0.127 e. The summed E-state index contributed by atoms with van der Waals surface area (Å²) in [5.74, 6) is 2.93. The van der Waals surface area contributed by atoms with Crippen LogP contribution >= 0.6 is 0 Å². The van der Waals surface area contributed by atoms with Gasteiger partial charge in [-0.2, -0.15) is 0 Å². The quantitative estimate of drug-likeness (QED) is 0.662. The van der Waals surface area contributed by atoms with Crippen molar-refractivity contribution in [2.45, 2.75) is 46.0 Å². The largest absolute Gasteiger partial charge is 0.305 e. The third-order valence-corrected chi connectivity index (χ3v) is 5.15. The Kier molecular flexibility index (Phi) is 3.92. The van der Waals surface area contributed by atoms with E-state index in [2.05, 4.69) is 25.8 Å². The van der Waals surface area contributed by atoms with E-state index in [1.807, 2.05) is 0 Å². The summed E-state index contributed by atoms with van der Waals surface area (Å²) in [6.07, 6.45) is 7.95. The second-order valence-corrected chi connectivity index (χ2v) is 6.76. The highest BCUT2D eigenvalue weighted by molar-refractivity contribution is 5.58. The number of rotatable bonds is 6. The lowest BCUT2D eigenvalue weighted by molar-refractivity contribution is -0.116. The molecule has 2 aliphatic rings. The summed E-state index contributed by atoms with van der Waals surface area (Å²) < 4.78 is 0. The molecule has 0 saturated heterocycles. The molecule has 0 aliphatic heterocycles. The van der Waals surface area contributed by atoms with Crippen molar-refractivity contribution in [3.05, 3.63) is 0 Å². The fraction of sp³-hybridized carbons (Fsp3) is 0.933. The van der Waals surface area contributed by atoms with Gasteiger partial charge in [0.15, 0.2) is 0 Å². The van der Waals surface area contributed by atoms with E-state index in [0.29, 0.717) is 0 Å². The minimum atomic E-state index is -0.146. The van der Waals surface area contributed by atoms with Crippen LogP contribution in [-0.2, 0) is 4.79 Å². The average Bonchev–Trinajstić information content (AvgIpc) is 2.90. The van der Waals surface area contributed by atoms with E-state index in [0.717, 1.165) is 37.0 Å². The van der Waals surface area contributed by atoms with Crippen molar-refractivity contribution < 1.29 is 4.79 Å². The number of carbonyl (C=O) groups excluding carboxylic acids is 1. The summed E-state index contributed by atoms with van der Waals surface area (Å²) in [6.45, 7) is 6.31. The summed E-state index contributed by atoms with van der Waals surface area (Å²) in [5, 5.41) is 0. The maximum absolute atomic E-state index is 11.1. The molecule has 2 fully saturated rings. The normalized spacial score (nSPS) is 35.2. The van der Waals surface area contributed by atoms with E-state index in [9.17, 15) is 4.79 Å². The minimum absolute atomic E-state index is 0.146. The van der Waals surface area contributed by atoms with E-state index < -0.39 is 0 Å². The summed E-state index contributed by atoms with van der Waals surface area (Å²) in [5.41, 5.74) is -0.146. The van der Waals surface area contributed by atoms with Crippen LogP contribution in [0.15, 0.2) is 0 Å². The van der Waals surface area contributed by atoms with Gasteiger partial charge in [-0.05, 0) is 50.5 Å². The van der Waals surface area contributed by atoms with Gasteiger partial charge in [-0.15, -0.1) is 0 Å². The molecule has 0 aromatic heterocycles. The first-order chi connectivity index (χ1) is 8.06. The van der Waals surface area contributed by atoms with Crippen molar-refractivity contribution in [1.82, 2.24) is 4.90 Å². The van der Waals surface area contributed by atoms with Gasteiger partial charge < -0.3 is 9.69 Å². The fourth-order valence-corrected chi connectivity index (χ4v) is 3.91. The molecule has 98 valence electrons. The summed E-state index contributed by atoms with van der Waals surface area (Å²) >= 11 is 0. The zero-order chi connectivity index (χ0) is 12.5. The molecule has 4 atom stereocenters. The predicted molar refractivity (Wildman–Crippen MR) is 70.9 cm³/mol. The molecule has 0 aromatic carbocycles. The Balaban J connectivity index is 1.81. The van der Waals surface area contributed by atoms with Gasteiger partial charge >= 0.3 is 0 Å². The van der Waals surface area contributed by atoms with E-state index in [1.54, 1.807) is 0 Å².